The Kier molecular flexibility index (Phi) is 4.60. The second-order valence-corrected chi connectivity index (χ2v) is 5.36. The van der Waals surface area contributed by atoms with E-state index in [1.54, 1.807) is 24.1 Å². The highest BCUT2D eigenvalue weighted by Gasteiger charge is 2.20. The van der Waals surface area contributed by atoms with Gasteiger partial charge in [0.2, 0.25) is 0 Å². The molecule has 1 aliphatic rings. The Hall–Kier alpha value is -1.62. The van der Waals surface area contributed by atoms with E-state index in [9.17, 15) is 9.18 Å². The third-order valence-corrected chi connectivity index (χ3v) is 3.96. The van der Waals surface area contributed by atoms with Crippen LogP contribution in [-0.4, -0.2) is 43.5 Å². The van der Waals surface area contributed by atoms with Crippen molar-refractivity contribution in [3.8, 4) is 0 Å². The summed E-state index contributed by atoms with van der Waals surface area (Å²) >= 11 is 0. The van der Waals surface area contributed by atoms with Crippen LogP contribution in [0.2, 0.25) is 0 Å². The van der Waals surface area contributed by atoms with Crippen LogP contribution < -0.4 is 10.6 Å². The van der Waals surface area contributed by atoms with Crippen molar-refractivity contribution >= 4 is 11.6 Å². The Bertz CT molecular complexity index is 486. The summed E-state index contributed by atoms with van der Waals surface area (Å²) in [5, 5.41) is 0. The summed E-state index contributed by atoms with van der Waals surface area (Å²) in [4.78, 5) is 15.8. The molecule has 5 heteroatoms. The minimum atomic E-state index is -0.327. The summed E-state index contributed by atoms with van der Waals surface area (Å²) in [5.74, 6) is -0.527. The number of carbonyl (C=O) groups excluding carboxylic acids is 1. The molecule has 0 unspecified atom stereocenters. The van der Waals surface area contributed by atoms with Crippen molar-refractivity contribution in [3.05, 3.63) is 29.6 Å². The number of benzene rings is 1. The second-order valence-electron chi connectivity index (χ2n) is 5.36. The number of amides is 1. The van der Waals surface area contributed by atoms with Crippen LogP contribution in [0.1, 0.15) is 30.1 Å². The Morgan fingerprint density at radius 1 is 1.45 bits per heavy atom. The van der Waals surface area contributed by atoms with Gasteiger partial charge in [0.25, 0.3) is 5.91 Å². The number of hydrogen-bond donors (Lipinski definition) is 1. The minimum Gasteiger partial charge on any atom is -0.369 e. The molecular weight excluding hydrogens is 257 g/mol. The Labute approximate surface area is 119 Å². The maximum Gasteiger partial charge on any atom is 0.253 e. The third-order valence-electron chi connectivity index (χ3n) is 3.96. The monoisotopic (exact) mass is 279 g/mol. The van der Waals surface area contributed by atoms with Crippen LogP contribution in [0, 0.1) is 5.82 Å². The van der Waals surface area contributed by atoms with Crippen molar-refractivity contribution in [1.82, 2.24) is 4.90 Å². The van der Waals surface area contributed by atoms with Gasteiger partial charge in [-0.25, -0.2) is 4.39 Å². The molecule has 1 atom stereocenters. The fourth-order valence-electron chi connectivity index (χ4n) is 2.42. The van der Waals surface area contributed by atoms with E-state index in [4.69, 9.17) is 5.73 Å². The highest BCUT2D eigenvalue weighted by Crippen LogP contribution is 2.24. The van der Waals surface area contributed by atoms with Gasteiger partial charge in [-0.15, -0.1) is 0 Å². The van der Waals surface area contributed by atoms with E-state index in [0.29, 0.717) is 17.8 Å². The summed E-state index contributed by atoms with van der Waals surface area (Å²) in [7, 11) is 1.69. The first kappa shape index (κ1) is 14.8. The Balaban J connectivity index is 2.18. The maximum atomic E-state index is 14.2. The van der Waals surface area contributed by atoms with Crippen molar-refractivity contribution < 1.29 is 9.18 Å². The van der Waals surface area contributed by atoms with Crippen molar-refractivity contribution in [3.63, 3.8) is 0 Å². The van der Waals surface area contributed by atoms with E-state index in [2.05, 4.69) is 0 Å². The smallest absolute Gasteiger partial charge is 0.253 e. The van der Waals surface area contributed by atoms with Crippen molar-refractivity contribution in [1.29, 1.82) is 0 Å². The first-order valence-corrected chi connectivity index (χ1v) is 7.06. The quantitative estimate of drug-likeness (QED) is 0.915. The molecule has 1 aliphatic heterocycles. The molecule has 1 amide bonds. The summed E-state index contributed by atoms with van der Waals surface area (Å²) < 4.78 is 14.2. The maximum absolute atomic E-state index is 14.2. The van der Waals surface area contributed by atoms with Crippen LogP contribution in [0.15, 0.2) is 18.2 Å². The van der Waals surface area contributed by atoms with E-state index < -0.39 is 0 Å². The molecule has 1 fully saturated rings. The van der Waals surface area contributed by atoms with Crippen LogP contribution >= 0.6 is 0 Å². The van der Waals surface area contributed by atoms with Crippen molar-refractivity contribution in [2.24, 2.45) is 5.73 Å². The number of hydrogen-bond acceptors (Lipinski definition) is 3. The summed E-state index contributed by atoms with van der Waals surface area (Å²) in [5.41, 5.74) is 6.51. The van der Waals surface area contributed by atoms with Gasteiger partial charge in [0.1, 0.15) is 5.82 Å². The molecule has 0 spiro atoms. The van der Waals surface area contributed by atoms with Gasteiger partial charge < -0.3 is 15.5 Å². The van der Waals surface area contributed by atoms with Gasteiger partial charge in [-0.2, -0.15) is 0 Å². The van der Waals surface area contributed by atoms with Gasteiger partial charge in [-0.05, 0) is 38.0 Å². The molecule has 0 radical (unpaired) electrons. The molecule has 1 saturated heterocycles. The summed E-state index contributed by atoms with van der Waals surface area (Å²) in [6, 6.07) is 4.66. The third kappa shape index (κ3) is 2.93. The Morgan fingerprint density at radius 3 is 2.65 bits per heavy atom. The van der Waals surface area contributed by atoms with E-state index in [0.717, 1.165) is 25.9 Å². The second kappa shape index (κ2) is 6.22. The molecule has 1 aromatic carbocycles. The van der Waals surface area contributed by atoms with Crippen LogP contribution in [0.5, 0.6) is 0 Å². The fraction of sp³-hybridized carbons (Fsp3) is 0.533. The Morgan fingerprint density at radius 2 is 2.10 bits per heavy atom. The lowest BCUT2D eigenvalue weighted by Crippen LogP contribution is -2.39. The first-order chi connectivity index (χ1) is 9.54. The van der Waals surface area contributed by atoms with Gasteiger partial charge in [-0.1, -0.05) is 0 Å². The molecule has 1 heterocycles. The van der Waals surface area contributed by atoms with Crippen LogP contribution in [0.4, 0.5) is 10.1 Å². The fourth-order valence-corrected chi connectivity index (χ4v) is 2.42. The molecule has 0 aliphatic carbocycles. The molecule has 110 valence electrons. The first-order valence-electron chi connectivity index (χ1n) is 7.06. The molecule has 0 aromatic heterocycles. The van der Waals surface area contributed by atoms with Gasteiger partial charge in [0.15, 0.2) is 0 Å². The van der Waals surface area contributed by atoms with Gasteiger partial charge in [0.05, 0.1) is 5.69 Å². The number of carbonyl (C=O) groups is 1. The largest absolute Gasteiger partial charge is 0.369 e. The summed E-state index contributed by atoms with van der Waals surface area (Å²) in [6.07, 6.45) is 2.19. The van der Waals surface area contributed by atoms with E-state index in [1.165, 1.54) is 6.07 Å². The number of nitrogens with zero attached hydrogens (tertiary/aromatic N) is 2. The number of nitrogens with two attached hydrogens (primary N) is 1. The highest BCUT2D eigenvalue weighted by molar-refractivity contribution is 5.94. The normalized spacial score (nSPS) is 16.3. The van der Waals surface area contributed by atoms with Crippen LogP contribution in [0.3, 0.4) is 0 Å². The molecule has 4 nitrogen and oxygen atoms in total. The zero-order valence-electron chi connectivity index (χ0n) is 12.1. The molecule has 0 bridgehead atoms. The average Bonchev–Trinajstić information content (AvgIpc) is 2.98. The SMILES string of the molecule is C[C@@H](CN)N(C)C(=O)c1ccc(N2CCCC2)c(F)c1. The van der Waals surface area contributed by atoms with Crippen LogP contribution in [-0.2, 0) is 0 Å². The van der Waals surface area contributed by atoms with Gasteiger partial charge in [0, 0.05) is 38.3 Å². The number of rotatable bonds is 4. The molecule has 0 saturated carbocycles. The molecule has 2 rings (SSSR count). The number of likely N-dealkylation sites (N-methyl/N-ethyl adjacent to an activating group) is 1. The number of halogens is 1. The zero-order chi connectivity index (χ0) is 14.7. The lowest BCUT2D eigenvalue weighted by atomic mass is 10.1. The van der Waals surface area contributed by atoms with Crippen molar-refractivity contribution in [2.45, 2.75) is 25.8 Å². The average molecular weight is 279 g/mol. The van der Waals surface area contributed by atoms with E-state index in [-0.39, 0.29) is 17.8 Å². The molecule has 1 aromatic rings. The molecule has 2 N–H and O–H groups in total. The lowest BCUT2D eigenvalue weighted by molar-refractivity contribution is 0.0748. The van der Waals surface area contributed by atoms with E-state index in [1.807, 2.05) is 11.8 Å². The van der Waals surface area contributed by atoms with Crippen molar-refractivity contribution in [2.75, 3.05) is 31.6 Å². The van der Waals surface area contributed by atoms with Gasteiger partial charge >= 0.3 is 0 Å². The van der Waals surface area contributed by atoms with Gasteiger partial charge in [-0.3, -0.25) is 4.79 Å². The predicted octanol–water partition coefficient (Wildman–Crippen LogP) is 1.85. The molecule has 20 heavy (non-hydrogen) atoms. The minimum absolute atomic E-state index is 0.0659. The van der Waals surface area contributed by atoms with Crippen LogP contribution in [0.25, 0.3) is 0 Å². The predicted molar refractivity (Wildman–Crippen MR) is 78.5 cm³/mol. The highest BCUT2D eigenvalue weighted by atomic mass is 19.1. The standard InChI is InChI=1S/C15H22FN3O/c1-11(10-17)18(2)15(20)12-5-6-14(13(16)9-12)19-7-3-4-8-19/h5-6,9,11H,3-4,7-8,10,17H2,1-2H3/t11-/m0/s1. The number of anilines is 1. The zero-order valence-corrected chi connectivity index (χ0v) is 12.1. The van der Waals surface area contributed by atoms with E-state index >= 15 is 0 Å². The summed E-state index contributed by atoms with van der Waals surface area (Å²) in [6.45, 7) is 4.02. The topological polar surface area (TPSA) is 49.6 Å². The molecular formula is C15H22FN3O. The lowest BCUT2D eigenvalue weighted by Gasteiger charge is -2.24.